The number of aromatic nitrogens is 1. The molecule has 0 unspecified atom stereocenters. The Labute approximate surface area is 157 Å². The molecule has 0 bridgehead atoms. The first-order chi connectivity index (χ1) is 12.9. The largest absolute Gasteiger partial charge is 0.478 e. The van der Waals surface area contributed by atoms with E-state index in [-0.39, 0.29) is 17.4 Å². The van der Waals surface area contributed by atoms with Crippen LogP contribution in [0.4, 0.5) is 10.5 Å². The first kappa shape index (κ1) is 17.9. The molecule has 1 saturated heterocycles. The molecule has 1 aliphatic heterocycles. The van der Waals surface area contributed by atoms with E-state index in [0.717, 1.165) is 36.1 Å². The number of hydrogen-bond donors (Lipinski definition) is 2. The van der Waals surface area contributed by atoms with Crippen LogP contribution in [0.1, 0.15) is 26.2 Å². The minimum Gasteiger partial charge on any atom is -0.478 e. The molecule has 144 valence electrons. The van der Waals surface area contributed by atoms with Crippen LogP contribution in [-0.2, 0) is 0 Å². The highest BCUT2D eigenvalue weighted by Gasteiger charge is 2.25. The molecule has 1 saturated carbocycles. The van der Waals surface area contributed by atoms with Gasteiger partial charge in [-0.1, -0.05) is 6.92 Å². The first-order valence-corrected chi connectivity index (χ1v) is 9.49. The third-order valence-electron chi connectivity index (χ3n) is 5.37. The lowest BCUT2D eigenvalue weighted by Crippen LogP contribution is -2.46. The summed E-state index contributed by atoms with van der Waals surface area (Å²) in [6, 6.07) is 6.68. The van der Waals surface area contributed by atoms with Gasteiger partial charge in [0.05, 0.1) is 12.1 Å². The number of benzene rings is 1. The highest BCUT2D eigenvalue weighted by atomic mass is 16.5. The van der Waals surface area contributed by atoms with E-state index < -0.39 is 6.09 Å². The van der Waals surface area contributed by atoms with E-state index in [0.29, 0.717) is 35.9 Å². The summed E-state index contributed by atoms with van der Waals surface area (Å²) in [5.41, 5.74) is 7.15. The van der Waals surface area contributed by atoms with Gasteiger partial charge in [0.15, 0.2) is 5.43 Å². The van der Waals surface area contributed by atoms with Gasteiger partial charge in [0, 0.05) is 36.3 Å². The number of anilines is 1. The highest BCUT2D eigenvalue weighted by Crippen LogP contribution is 2.31. The Hall–Kier alpha value is -2.54. The average Bonchev–Trinajstić information content (AvgIpc) is 3.42. The van der Waals surface area contributed by atoms with Gasteiger partial charge in [-0.25, -0.2) is 9.36 Å². The topological polar surface area (TPSA) is 97.8 Å². The number of rotatable bonds is 4. The van der Waals surface area contributed by atoms with Gasteiger partial charge in [-0.2, -0.15) is 0 Å². The van der Waals surface area contributed by atoms with Crippen molar-refractivity contribution in [2.75, 3.05) is 24.6 Å². The zero-order valence-electron chi connectivity index (χ0n) is 15.4. The number of piperidine rings is 1. The van der Waals surface area contributed by atoms with Crippen molar-refractivity contribution < 1.29 is 14.6 Å². The molecule has 3 N–H and O–H groups in total. The van der Waals surface area contributed by atoms with Crippen LogP contribution in [0.3, 0.4) is 0 Å². The van der Waals surface area contributed by atoms with Gasteiger partial charge >= 0.3 is 6.09 Å². The monoisotopic (exact) mass is 371 g/mol. The molecular formula is C20H25N3O4. The summed E-state index contributed by atoms with van der Waals surface area (Å²) in [4.78, 5) is 26.6. The summed E-state index contributed by atoms with van der Waals surface area (Å²) in [6.07, 6.45) is 1.99. The van der Waals surface area contributed by atoms with E-state index in [9.17, 15) is 14.7 Å². The molecule has 0 amide bonds. The predicted octanol–water partition coefficient (Wildman–Crippen LogP) is 2.49. The van der Waals surface area contributed by atoms with Gasteiger partial charge in [0.2, 0.25) is 5.88 Å². The number of pyridine rings is 1. The zero-order chi connectivity index (χ0) is 19.1. The predicted molar refractivity (Wildman–Crippen MR) is 104 cm³/mol. The molecule has 1 aromatic carbocycles. The van der Waals surface area contributed by atoms with E-state index >= 15 is 0 Å². The standard InChI is InChI=1S/C20H25N3O4/c1-12-6-14(21)10-22(9-12)15-4-5-16-17(7-15)23(20(25)26)19(8-18(16)24)27-11-13-2-3-13/h4-5,7-8,12-14H,2-3,6,9-11,21H2,1H3,(H,25,26)/t12-,14-/m0/s1. The van der Waals surface area contributed by atoms with E-state index in [1.807, 2.05) is 6.07 Å². The molecule has 0 radical (unpaired) electrons. The molecule has 2 fully saturated rings. The molecule has 7 nitrogen and oxygen atoms in total. The maximum absolute atomic E-state index is 12.5. The van der Waals surface area contributed by atoms with Crippen LogP contribution >= 0.6 is 0 Å². The molecular weight excluding hydrogens is 346 g/mol. The lowest BCUT2D eigenvalue weighted by atomic mass is 9.96. The molecule has 1 aromatic heterocycles. The second-order valence-corrected chi connectivity index (χ2v) is 7.93. The Morgan fingerprint density at radius 1 is 1.30 bits per heavy atom. The maximum atomic E-state index is 12.5. The number of nitrogens with zero attached hydrogens (tertiary/aromatic N) is 2. The van der Waals surface area contributed by atoms with Crippen molar-refractivity contribution in [3.05, 3.63) is 34.5 Å². The zero-order valence-corrected chi connectivity index (χ0v) is 15.4. The van der Waals surface area contributed by atoms with Crippen LogP contribution in [0.2, 0.25) is 0 Å². The summed E-state index contributed by atoms with van der Waals surface area (Å²) < 4.78 is 6.76. The smallest absolute Gasteiger partial charge is 0.418 e. The quantitative estimate of drug-likeness (QED) is 0.857. The van der Waals surface area contributed by atoms with Gasteiger partial charge in [-0.05, 0) is 49.3 Å². The van der Waals surface area contributed by atoms with Gasteiger partial charge in [-0.3, -0.25) is 4.79 Å². The van der Waals surface area contributed by atoms with Crippen LogP contribution in [0.5, 0.6) is 5.88 Å². The second kappa shape index (κ2) is 6.88. The summed E-state index contributed by atoms with van der Waals surface area (Å²) in [5, 5.41) is 10.1. The minimum absolute atomic E-state index is 0.0827. The van der Waals surface area contributed by atoms with Crippen molar-refractivity contribution >= 4 is 22.7 Å². The molecule has 2 aliphatic rings. The van der Waals surface area contributed by atoms with Crippen molar-refractivity contribution in [2.24, 2.45) is 17.6 Å². The molecule has 27 heavy (non-hydrogen) atoms. The number of hydrogen-bond acceptors (Lipinski definition) is 5. The molecule has 2 aromatic rings. The lowest BCUT2D eigenvalue weighted by molar-refractivity contribution is 0.190. The van der Waals surface area contributed by atoms with Crippen molar-refractivity contribution in [3.63, 3.8) is 0 Å². The molecule has 2 heterocycles. The Bertz CT molecular complexity index is 925. The fraction of sp³-hybridized carbons (Fsp3) is 0.500. The van der Waals surface area contributed by atoms with Crippen LogP contribution in [0, 0.1) is 11.8 Å². The van der Waals surface area contributed by atoms with Crippen LogP contribution in [-0.4, -0.2) is 41.5 Å². The first-order valence-electron chi connectivity index (χ1n) is 9.49. The lowest BCUT2D eigenvalue weighted by Gasteiger charge is -2.36. The van der Waals surface area contributed by atoms with E-state index in [4.69, 9.17) is 10.5 Å². The van der Waals surface area contributed by atoms with Gasteiger partial charge in [0.25, 0.3) is 0 Å². The minimum atomic E-state index is -1.16. The SMILES string of the molecule is C[C@H]1C[C@H](N)CN(c2ccc3c(=O)cc(OCC4CC4)n(C(=O)O)c3c2)C1. The third-order valence-corrected chi connectivity index (χ3v) is 5.37. The molecule has 0 spiro atoms. The van der Waals surface area contributed by atoms with Crippen molar-refractivity contribution in [2.45, 2.75) is 32.2 Å². The molecule has 7 heteroatoms. The fourth-order valence-corrected chi connectivity index (χ4v) is 3.89. The Kier molecular flexibility index (Phi) is 4.55. The Morgan fingerprint density at radius 3 is 2.74 bits per heavy atom. The summed E-state index contributed by atoms with van der Waals surface area (Å²) in [5.74, 6) is 1.01. The van der Waals surface area contributed by atoms with Crippen LogP contribution in [0.15, 0.2) is 29.1 Å². The number of ether oxygens (including phenoxy) is 1. The number of nitrogens with two attached hydrogens (primary N) is 1. The summed E-state index contributed by atoms with van der Waals surface area (Å²) in [7, 11) is 0. The average molecular weight is 371 g/mol. The van der Waals surface area contributed by atoms with E-state index in [1.165, 1.54) is 6.07 Å². The highest BCUT2D eigenvalue weighted by molar-refractivity contribution is 5.91. The number of carboxylic acid groups (broad SMARTS) is 1. The Morgan fingerprint density at radius 2 is 2.07 bits per heavy atom. The van der Waals surface area contributed by atoms with Gasteiger partial charge in [-0.15, -0.1) is 0 Å². The molecule has 1 aliphatic carbocycles. The van der Waals surface area contributed by atoms with Crippen LogP contribution in [0.25, 0.3) is 10.9 Å². The van der Waals surface area contributed by atoms with Crippen LogP contribution < -0.4 is 20.8 Å². The summed E-state index contributed by atoms with van der Waals surface area (Å²) >= 11 is 0. The number of carbonyl (C=O) groups is 1. The normalized spacial score (nSPS) is 22.8. The van der Waals surface area contributed by atoms with Gasteiger partial charge < -0.3 is 20.5 Å². The van der Waals surface area contributed by atoms with E-state index in [1.54, 1.807) is 12.1 Å². The molecule has 4 rings (SSSR count). The Balaban J connectivity index is 1.78. The summed E-state index contributed by atoms with van der Waals surface area (Å²) in [6.45, 7) is 4.17. The fourth-order valence-electron chi connectivity index (χ4n) is 3.89. The van der Waals surface area contributed by atoms with E-state index in [2.05, 4.69) is 11.8 Å². The third kappa shape index (κ3) is 3.64. The molecule has 2 atom stereocenters. The van der Waals surface area contributed by atoms with Crippen molar-refractivity contribution in [1.82, 2.24) is 4.57 Å². The van der Waals surface area contributed by atoms with Gasteiger partial charge in [0.1, 0.15) is 0 Å². The second-order valence-electron chi connectivity index (χ2n) is 7.93. The maximum Gasteiger partial charge on any atom is 0.418 e. The van der Waals surface area contributed by atoms with Crippen molar-refractivity contribution in [3.8, 4) is 5.88 Å². The van der Waals surface area contributed by atoms with Crippen molar-refractivity contribution in [1.29, 1.82) is 0 Å². The number of fused-ring (bicyclic) bond motifs is 1.